The summed E-state index contributed by atoms with van der Waals surface area (Å²) < 4.78 is 5.92. The fourth-order valence-corrected chi connectivity index (χ4v) is 3.82. The molecule has 3 heteroatoms. The van der Waals surface area contributed by atoms with E-state index in [2.05, 4.69) is 68.5 Å². The van der Waals surface area contributed by atoms with Crippen molar-refractivity contribution in [1.29, 1.82) is 0 Å². The molecule has 0 aliphatic carbocycles. The Hall–Kier alpha value is 0.360. The van der Waals surface area contributed by atoms with E-state index < -0.39 is 0 Å². The van der Waals surface area contributed by atoms with Crippen molar-refractivity contribution in [2.75, 3.05) is 0 Å². The van der Waals surface area contributed by atoms with Crippen LogP contribution in [0.4, 0.5) is 0 Å². The smallest absolute Gasteiger partial charge is 0.0900 e. The van der Waals surface area contributed by atoms with E-state index in [0.717, 1.165) is 0 Å². The van der Waals surface area contributed by atoms with Crippen molar-refractivity contribution in [3.63, 3.8) is 0 Å². The number of rotatable bonds is 0. The number of hydrogen-bond acceptors (Lipinski definition) is 2. The van der Waals surface area contributed by atoms with E-state index in [-0.39, 0.29) is 10.8 Å². The molecular weight excluding hydrogens is 305 g/mol. The van der Waals surface area contributed by atoms with E-state index in [9.17, 15) is 0 Å². The summed E-state index contributed by atoms with van der Waals surface area (Å²) in [5.41, 5.74) is 3.05. The Morgan fingerprint density at radius 3 is 1.79 bits per heavy atom. The van der Waals surface area contributed by atoms with Gasteiger partial charge in [-0.1, -0.05) is 41.5 Å². The quantitative estimate of drug-likeness (QED) is 0.647. The third-order valence-electron chi connectivity index (χ3n) is 2.11. The molecule has 0 unspecified atom stereocenters. The first-order valence-corrected chi connectivity index (χ1v) is 6.65. The lowest BCUT2D eigenvalue weighted by atomic mass is 9.80. The summed E-state index contributed by atoms with van der Waals surface area (Å²) >= 11 is 4.02. The van der Waals surface area contributed by atoms with Gasteiger partial charge in [-0.25, -0.2) is 0 Å². The summed E-state index contributed by atoms with van der Waals surface area (Å²) in [7, 11) is 0. The van der Waals surface area contributed by atoms with Crippen LogP contribution < -0.4 is 0 Å². The third-order valence-corrected chi connectivity index (χ3v) is 3.88. The lowest BCUT2D eigenvalue weighted by molar-refractivity contribution is 0.521. The second-order valence-electron chi connectivity index (χ2n) is 5.68. The predicted octanol–water partition coefficient (Wildman–Crippen LogP) is 4.34. The van der Waals surface area contributed by atoms with Crippen molar-refractivity contribution in [3.05, 3.63) is 14.1 Å². The molecule has 0 saturated heterocycles. The zero-order valence-corrected chi connectivity index (χ0v) is 12.7. The van der Waals surface area contributed by atoms with Crippen molar-refractivity contribution < 1.29 is 0 Å². The summed E-state index contributed by atoms with van der Waals surface area (Å²) in [6.07, 6.45) is 0. The molecule has 1 aromatic rings. The van der Waals surface area contributed by atoms with Crippen LogP contribution in [0.3, 0.4) is 0 Å². The van der Waals surface area contributed by atoms with Crippen LogP contribution in [0.15, 0.2) is 0 Å². The molecule has 0 aromatic carbocycles. The van der Waals surface area contributed by atoms with Crippen LogP contribution in [0.2, 0.25) is 0 Å². The standard InChI is InChI=1S/C11H18INS/c1-10(2,3)7-8(11(4,5)6)13-14-9(7)12/h1-6H3. The Labute approximate surface area is 105 Å². The molecule has 0 N–H and O–H groups in total. The molecule has 1 aromatic heterocycles. The predicted molar refractivity (Wildman–Crippen MR) is 72.2 cm³/mol. The molecule has 1 heterocycles. The van der Waals surface area contributed by atoms with Gasteiger partial charge in [-0.2, -0.15) is 4.37 Å². The molecule has 0 aliphatic rings. The highest BCUT2D eigenvalue weighted by Crippen LogP contribution is 2.38. The molecule has 0 amide bonds. The molecule has 0 spiro atoms. The zero-order valence-electron chi connectivity index (χ0n) is 9.73. The van der Waals surface area contributed by atoms with Crippen molar-refractivity contribution in [2.24, 2.45) is 0 Å². The van der Waals surface area contributed by atoms with Gasteiger partial charge in [0.25, 0.3) is 0 Å². The molecule has 0 radical (unpaired) electrons. The molecule has 0 saturated carbocycles. The van der Waals surface area contributed by atoms with Crippen LogP contribution in [0, 0.1) is 2.88 Å². The Balaban J connectivity index is 3.35. The van der Waals surface area contributed by atoms with Crippen LogP contribution in [-0.4, -0.2) is 4.37 Å². The van der Waals surface area contributed by atoms with Gasteiger partial charge in [-0.05, 0) is 39.5 Å². The first-order valence-electron chi connectivity index (χ1n) is 4.80. The summed E-state index contributed by atoms with van der Waals surface area (Å²) in [4.78, 5) is 0. The van der Waals surface area contributed by atoms with Gasteiger partial charge in [0.1, 0.15) is 0 Å². The van der Waals surface area contributed by atoms with Gasteiger partial charge < -0.3 is 0 Å². The highest BCUT2D eigenvalue weighted by molar-refractivity contribution is 14.1. The van der Waals surface area contributed by atoms with Crippen molar-refractivity contribution >= 4 is 34.1 Å². The van der Waals surface area contributed by atoms with Crippen LogP contribution in [0.25, 0.3) is 0 Å². The van der Waals surface area contributed by atoms with E-state index in [1.807, 2.05) is 0 Å². The van der Waals surface area contributed by atoms with Crippen molar-refractivity contribution in [2.45, 2.75) is 52.4 Å². The van der Waals surface area contributed by atoms with Gasteiger partial charge in [-0.3, -0.25) is 0 Å². The number of halogens is 1. The van der Waals surface area contributed by atoms with Gasteiger partial charge in [-0.15, -0.1) is 0 Å². The van der Waals surface area contributed by atoms with E-state index in [4.69, 9.17) is 0 Å². The fraction of sp³-hybridized carbons (Fsp3) is 0.727. The largest absolute Gasteiger partial charge is 0.196 e. The summed E-state index contributed by atoms with van der Waals surface area (Å²) in [5.74, 6) is 0. The number of hydrogen-bond donors (Lipinski definition) is 0. The summed E-state index contributed by atoms with van der Waals surface area (Å²) in [5, 5.41) is 0. The number of aromatic nitrogens is 1. The highest BCUT2D eigenvalue weighted by Gasteiger charge is 2.30. The third kappa shape index (κ3) is 2.48. The minimum absolute atomic E-state index is 0.155. The van der Waals surface area contributed by atoms with Gasteiger partial charge in [0.15, 0.2) is 0 Å². The average Bonchev–Trinajstić information content (AvgIpc) is 2.27. The molecular formula is C11H18INS. The second kappa shape index (κ2) is 3.74. The molecule has 1 rings (SSSR count). The molecule has 0 aliphatic heterocycles. The Morgan fingerprint density at radius 1 is 1.00 bits per heavy atom. The lowest BCUT2D eigenvalue weighted by Gasteiger charge is -2.25. The van der Waals surface area contributed by atoms with Crippen LogP contribution in [0.1, 0.15) is 52.8 Å². The van der Waals surface area contributed by atoms with Crippen molar-refractivity contribution in [1.82, 2.24) is 4.37 Å². The minimum atomic E-state index is 0.155. The van der Waals surface area contributed by atoms with Crippen LogP contribution >= 0.6 is 34.1 Å². The van der Waals surface area contributed by atoms with Crippen LogP contribution in [-0.2, 0) is 10.8 Å². The van der Waals surface area contributed by atoms with Gasteiger partial charge >= 0.3 is 0 Å². The van der Waals surface area contributed by atoms with Gasteiger partial charge in [0.05, 0.1) is 8.58 Å². The maximum absolute atomic E-state index is 4.59. The Morgan fingerprint density at radius 2 is 1.50 bits per heavy atom. The Kier molecular flexibility index (Phi) is 3.32. The normalized spacial score (nSPS) is 13.4. The molecule has 0 bridgehead atoms. The maximum Gasteiger partial charge on any atom is 0.0900 e. The average molecular weight is 323 g/mol. The molecule has 0 fully saturated rings. The second-order valence-corrected chi connectivity index (χ2v) is 8.26. The lowest BCUT2D eigenvalue weighted by Crippen LogP contribution is -2.21. The Bertz CT molecular complexity index is 328. The van der Waals surface area contributed by atoms with E-state index in [1.54, 1.807) is 11.5 Å². The fourth-order valence-electron chi connectivity index (χ4n) is 1.43. The summed E-state index contributed by atoms with van der Waals surface area (Å²) in [6.45, 7) is 13.5. The molecule has 80 valence electrons. The monoisotopic (exact) mass is 323 g/mol. The molecule has 1 nitrogen and oxygen atoms in total. The van der Waals surface area contributed by atoms with Gasteiger partial charge in [0, 0.05) is 11.0 Å². The van der Waals surface area contributed by atoms with Crippen molar-refractivity contribution in [3.8, 4) is 0 Å². The molecule has 14 heavy (non-hydrogen) atoms. The molecule has 0 atom stereocenters. The highest BCUT2D eigenvalue weighted by atomic mass is 127. The SMILES string of the molecule is CC(C)(C)c1nsc(I)c1C(C)(C)C. The first kappa shape index (κ1) is 12.4. The van der Waals surface area contributed by atoms with Crippen LogP contribution in [0.5, 0.6) is 0 Å². The topological polar surface area (TPSA) is 12.9 Å². The maximum atomic E-state index is 4.59. The zero-order chi connectivity index (χ0) is 11.1. The van der Waals surface area contributed by atoms with Gasteiger partial charge in [0.2, 0.25) is 0 Å². The number of nitrogens with zero attached hydrogens (tertiary/aromatic N) is 1. The summed E-state index contributed by atoms with van der Waals surface area (Å²) in [6, 6.07) is 0. The van der Waals surface area contributed by atoms with E-state index in [1.165, 1.54) is 14.1 Å². The first-order chi connectivity index (χ1) is 6.14. The van der Waals surface area contributed by atoms with E-state index >= 15 is 0 Å². The van der Waals surface area contributed by atoms with E-state index in [0.29, 0.717) is 0 Å². The minimum Gasteiger partial charge on any atom is -0.196 e.